The summed E-state index contributed by atoms with van der Waals surface area (Å²) in [5.41, 5.74) is 6.05. The van der Waals surface area contributed by atoms with Crippen LogP contribution in [0.15, 0.2) is 0 Å². The quantitative estimate of drug-likeness (QED) is 0.850. The molecule has 0 radical (unpaired) electrons. The van der Waals surface area contributed by atoms with Crippen LogP contribution >= 0.6 is 11.3 Å². The highest BCUT2D eigenvalue weighted by Gasteiger charge is 2.37. The number of nitrogen functional groups attached to an aromatic ring is 1. The molecule has 1 aromatic heterocycles. The Kier molecular flexibility index (Phi) is 2.99. The Morgan fingerprint density at radius 1 is 1.59 bits per heavy atom. The van der Waals surface area contributed by atoms with E-state index < -0.39 is 0 Å². The van der Waals surface area contributed by atoms with E-state index in [-0.39, 0.29) is 5.91 Å². The van der Waals surface area contributed by atoms with Gasteiger partial charge in [0.15, 0.2) is 5.13 Å². The van der Waals surface area contributed by atoms with Gasteiger partial charge in [-0.2, -0.15) is 0 Å². The van der Waals surface area contributed by atoms with E-state index in [4.69, 9.17) is 5.73 Å². The van der Waals surface area contributed by atoms with Crippen molar-refractivity contribution >= 4 is 28.2 Å². The second-order valence-electron chi connectivity index (χ2n) is 5.10. The maximum atomic E-state index is 11.9. The van der Waals surface area contributed by atoms with Crippen molar-refractivity contribution < 1.29 is 4.79 Å². The molecule has 1 fully saturated rings. The molecule has 2 rings (SSSR count). The average molecular weight is 254 g/mol. The maximum absolute atomic E-state index is 11.9. The van der Waals surface area contributed by atoms with Gasteiger partial charge >= 0.3 is 0 Å². The molecule has 0 aliphatic heterocycles. The number of rotatable bonds is 4. The third kappa shape index (κ3) is 2.69. The number of carbonyl (C=O) groups excluding carboxylic acids is 1. The molecule has 0 spiro atoms. The highest BCUT2D eigenvalue weighted by molar-refractivity contribution is 7.18. The SMILES string of the molecule is CN(C)c1nc(N)c(C(=O)NCC2(C)CC2)s1. The summed E-state index contributed by atoms with van der Waals surface area (Å²) < 4.78 is 0. The van der Waals surface area contributed by atoms with E-state index in [0.717, 1.165) is 11.7 Å². The van der Waals surface area contributed by atoms with Crippen molar-refractivity contribution in [2.24, 2.45) is 5.41 Å². The van der Waals surface area contributed by atoms with Crippen LogP contribution in [0, 0.1) is 5.41 Å². The second kappa shape index (κ2) is 4.18. The topological polar surface area (TPSA) is 71.2 Å². The molecule has 0 atom stereocenters. The molecule has 0 bridgehead atoms. The standard InChI is InChI=1S/C11H18N4OS/c1-11(4-5-11)6-13-9(16)7-8(12)14-10(17-7)15(2)3/h4-6,12H2,1-3H3,(H,13,16). The lowest BCUT2D eigenvalue weighted by molar-refractivity contribution is 0.0951. The third-order valence-electron chi connectivity index (χ3n) is 3.01. The lowest BCUT2D eigenvalue weighted by atomic mass is 10.1. The molecule has 5 nitrogen and oxygen atoms in total. The molecule has 0 aromatic carbocycles. The smallest absolute Gasteiger partial charge is 0.265 e. The van der Waals surface area contributed by atoms with Gasteiger partial charge in [0.2, 0.25) is 0 Å². The van der Waals surface area contributed by atoms with Crippen LogP contribution in [0.5, 0.6) is 0 Å². The summed E-state index contributed by atoms with van der Waals surface area (Å²) in [6.07, 6.45) is 2.38. The average Bonchev–Trinajstić information content (AvgIpc) is 2.85. The second-order valence-corrected chi connectivity index (χ2v) is 6.08. The van der Waals surface area contributed by atoms with E-state index in [1.54, 1.807) is 0 Å². The minimum atomic E-state index is -0.110. The number of aromatic nitrogens is 1. The van der Waals surface area contributed by atoms with Gasteiger partial charge in [-0.25, -0.2) is 4.98 Å². The van der Waals surface area contributed by atoms with Gasteiger partial charge in [0.1, 0.15) is 10.7 Å². The van der Waals surface area contributed by atoms with Crippen LogP contribution in [-0.2, 0) is 0 Å². The van der Waals surface area contributed by atoms with Gasteiger partial charge in [0.05, 0.1) is 0 Å². The molecular formula is C11H18N4OS. The first-order valence-electron chi connectivity index (χ1n) is 5.63. The largest absolute Gasteiger partial charge is 0.382 e. The fraction of sp³-hybridized carbons (Fsp3) is 0.636. The number of hydrogen-bond acceptors (Lipinski definition) is 5. The molecule has 0 saturated heterocycles. The molecule has 1 saturated carbocycles. The number of hydrogen-bond donors (Lipinski definition) is 2. The summed E-state index contributed by atoms with van der Waals surface area (Å²) in [4.78, 5) is 18.4. The molecule has 3 N–H and O–H groups in total. The van der Waals surface area contributed by atoms with Crippen LogP contribution in [0.2, 0.25) is 0 Å². The summed E-state index contributed by atoms with van der Waals surface area (Å²) in [6, 6.07) is 0. The summed E-state index contributed by atoms with van der Waals surface area (Å²) in [5.74, 6) is 0.207. The fourth-order valence-corrected chi connectivity index (χ4v) is 2.26. The van der Waals surface area contributed by atoms with Crippen molar-refractivity contribution in [3.63, 3.8) is 0 Å². The normalized spacial score (nSPS) is 16.6. The molecule has 1 aromatic rings. The molecule has 1 aliphatic carbocycles. The zero-order chi connectivity index (χ0) is 12.6. The van der Waals surface area contributed by atoms with Crippen molar-refractivity contribution in [3.8, 4) is 0 Å². The Bertz CT molecular complexity index is 437. The van der Waals surface area contributed by atoms with E-state index in [1.807, 2.05) is 19.0 Å². The lowest BCUT2D eigenvalue weighted by Gasteiger charge is -2.09. The van der Waals surface area contributed by atoms with Crippen LogP contribution in [0.25, 0.3) is 0 Å². The summed E-state index contributed by atoms with van der Waals surface area (Å²) in [6.45, 7) is 2.90. The number of anilines is 2. The zero-order valence-electron chi connectivity index (χ0n) is 10.4. The van der Waals surface area contributed by atoms with Crippen molar-refractivity contribution in [2.45, 2.75) is 19.8 Å². The van der Waals surface area contributed by atoms with E-state index >= 15 is 0 Å². The van der Waals surface area contributed by atoms with Crippen LogP contribution in [-0.4, -0.2) is 31.5 Å². The Balaban J connectivity index is 2.02. The summed E-state index contributed by atoms with van der Waals surface area (Å²) in [5, 5.41) is 3.68. The molecule has 1 aliphatic rings. The van der Waals surface area contributed by atoms with Gasteiger partial charge in [-0.15, -0.1) is 0 Å². The highest BCUT2D eigenvalue weighted by Crippen LogP contribution is 2.44. The highest BCUT2D eigenvalue weighted by atomic mass is 32.1. The van der Waals surface area contributed by atoms with Gasteiger partial charge in [0, 0.05) is 20.6 Å². The molecular weight excluding hydrogens is 236 g/mol. The van der Waals surface area contributed by atoms with Crippen molar-refractivity contribution in [2.75, 3.05) is 31.3 Å². The van der Waals surface area contributed by atoms with E-state index in [2.05, 4.69) is 17.2 Å². The number of nitrogens with zero attached hydrogens (tertiary/aromatic N) is 2. The minimum Gasteiger partial charge on any atom is -0.382 e. The first-order valence-corrected chi connectivity index (χ1v) is 6.45. The lowest BCUT2D eigenvalue weighted by Crippen LogP contribution is -2.28. The van der Waals surface area contributed by atoms with Gasteiger partial charge in [-0.05, 0) is 18.3 Å². The van der Waals surface area contributed by atoms with Gasteiger partial charge in [-0.1, -0.05) is 18.3 Å². The van der Waals surface area contributed by atoms with Crippen LogP contribution in [0.3, 0.4) is 0 Å². The molecule has 1 amide bonds. The monoisotopic (exact) mass is 254 g/mol. The number of nitrogens with one attached hydrogen (secondary N) is 1. The molecule has 17 heavy (non-hydrogen) atoms. The van der Waals surface area contributed by atoms with Gasteiger partial charge < -0.3 is 16.0 Å². The third-order valence-corrected chi connectivity index (χ3v) is 4.25. The maximum Gasteiger partial charge on any atom is 0.265 e. The zero-order valence-corrected chi connectivity index (χ0v) is 11.2. The number of amides is 1. The van der Waals surface area contributed by atoms with Crippen molar-refractivity contribution in [1.82, 2.24) is 10.3 Å². The van der Waals surface area contributed by atoms with E-state index in [1.165, 1.54) is 24.2 Å². The van der Waals surface area contributed by atoms with E-state index in [0.29, 0.717) is 16.1 Å². The molecule has 6 heteroatoms. The Morgan fingerprint density at radius 3 is 2.71 bits per heavy atom. The predicted molar refractivity (Wildman–Crippen MR) is 70.5 cm³/mol. The Labute approximate surface area is 105 Å². The fourth-order valence-electron chi connectivity index (χ4n) is 1.44. The first-order chi connectivity index (χ1) is 7.91. The number of thiazole rings is 1. The van der Waals surface area contributed by atoms with Gasteiger partial charge in [0.25, 0.3) is 5.91 Å². The molecule has 0 unspecified atom stereocenters. The number of carbonyl (C=O) groups is 1. The van der Waals surface area contributed by atoms with Crippen LogP contribution in [0.4, 0.5) is 10.9 Å². The van der Waals surface area contributed by atoms with Gasteiger partial charge in [-0.3, -0.25) is 4.79 Å². The van der Waals surface area contributed by atoms with Crippen LogP contribution in [0.1, 0.15) is 29.4 Å². The predicted octanol–water partition coefficient (Wildman–Crippen LogP) is 1.32. The van der Waals surface area contributed by atoms with Crippen molar-refractivity contribution in [1.29, 1.82) is 0 Å². The Hall–Kier alpha value is -1.30. The van der Waals surface area contributed by atoms with Crippen molar-refractivity contribution in [3.05, 3.63) is 4.88 Å². The molecule has 94 valence electrons. The summed E-state index contributed by atoms with van der Waals surface area (Å²) >= 11 is 1.32. The minimum absolute atomic E-state index is 0.110. The van der Waals surface area contributed by atoms with E-state index in [9.17, 15) is 4.79 Å². The first kappa shape index (κ1) is 12.2. The molecule has 1 heterocycles. The Morgan fingerprint density at radius 2 is 2.24 bits per heavy atom. The summed E-state index contributed by atoms with van der Waals surface area (Å²) in [7, 11) is 3.76. The van der Waals surface area contributed by atoms with Crippen LogP contribution < -0.4 is 16.0 Å². The number of nitrogens with two attached hydrogens (primary N) is 1.